The number of amides is 1. The highest BCUT2D eigenvalue weighted by molar-refractivity contribution is 7.99. The highest BCUT2D eigenvalue weighted by atomic mass is 32.2. The number of aryl methyl sites for hydroxylation is 2. The first-order valence-corrected chi connectivity index (χ1v) is 11.2. The lowest BCUT2D eigenvalue weighted by atomic mass is 10.1. The van der Waals surface area contributed by atoms with Crippen LogP contribution in [-0.2, 0) is 11.3 Å². The zero-order chi connectivity index (χ0) is 21.1. The van der Waals surface area contributed by atoms with Gasteiger partial charge in [-0.25, -0.2) is 4.98 Å². The van der Waals surface area contributed by atoms with Crippen LogP contribution in [0.15, 0.2) is 60.0 Å². The molecule has 6 heteroatoms. The molecule has 3 aromatic rings. The van der Waals surface area contributed by atoms with E-state index in [4.69, 9.17) is 4.74 Å². The maximum Gasteiger partial charge on any atom is 0.233 e. The summed E-state index contributed by atoms with van der Waals surface area (Å²) in [6.07, 6.45) is 5.92. The number of carbonyl (C=O) groups excluding carboxylic acids is 1. The highest BCUT2D eigenvalue weighted by Crippen LogP contribution is 2.30. The smallest absolute Gasteiger partial charge is 0.233 e. The minimum absolute atomic E-state index is 0.160. The third-order valence-electron chi connectivity index (χ3n) is 5.24. The minimum atomic E-state index is 0.160. The second-order valence-electron chi connectivity index (χ2n) is 7.82. The van der Waals surface area contributed by atoms with Crippen LogP contribution in [0, 0.1) is 13.8 Å². The molecule has 1 saturated carbocycles. The van der Waals surface area contributed by atoms with Crippen molar-refractivity contribution in [2.45, 2.75) is 44.4 Å². The van der Waals surface area contributed by atoms with E-state index in [9.17, 15) is 4.79 Å². The van der Waals surface area contributed by atoms with Gasteiger partial charge in [0.15, 0.2) is 5.16 Å². The molecule has 1 amide bonds. The number of hydrogen-bond acceptors (Lipinski definition) is 4. The Kier molecular flexibility index (Phi) is 6.13. The summed E-state index contributed by atoms with van der Waals surface area (Å²) < 4.78 is 7.29. The largest absolute Gasteiger partial charge is 0.497 e. The zero-order valence-corrected chi connectivity index (χ0v) is 18.5. The first-order chi connectivity index (χ1) is 14.5. The Morgan fingerprint density at radius 3 is 2.50 bits per heavy atom. The van der Waals surface area contributed by atoms with Gasteiger partial charge in [-0.2, -0.15) is 0 Å². The average Bonchev–Trinajstić information content (AvgIpc) is 3.46. The SMILES string of the molecule is COc1ccc(CN(C(=O)CSc2nccn2-c2cc(C)cc(C)c2)C2CC2)cc1. The van der Waals surface area contributed by atoms with Gasteiger partial charge in [-0.1, -0.05) is 30.0 Å². The Hall–Kier alpha value is -2.73. The number of hydrogen-bond donors (Lipinski definition) is 0. The first-order valence-electron chi connectivity index (χ1n) is 10.2. The molecular weight excluding hydrogens is 394 g/mol. The molecule has 1 aromatic heterocycles. The van der Waals surface area contributed by atoms with E-state index in [0.29, 0.717) is 18.3 Å². The van der Waals surface area contributed by atoms with E-state index >= 15 is 0 Å². The summed E-state index contributed by atoms with van der Waals surface area (Å²) in [6.45, 7) is 4.83. The van der Waals surface area contributed by atoms with Crippen molar-refractivity contribution >= 4 is 17.7 Å². The maximum absolute atomic E-state index is 13.0. The van der Waals surface area contributed by atoms with Crippen molar-refractivity contribution in [1.82, 2.24) is 14.5 Å². The molecule has 0 aliphatic heterocycles. The quantitative estimate of drug-likeness (QED) is 0.491. The van der Waals surface area contributed by atoms with E-state index in [2.05, 4.69) is 41.6 Å². The van der Waals surface area contributed by atoms with Gasteiger partial charge >= 0.3 is 0 Å². The van der Waals surface area contributed by atoms with Crippen LogP contribution >= 0.6 is 11.8 Å². The number of nitrogens with zero attached hydrogens (tertiary/aromatic N) is 3. The molecule has 5 nitrogen and oxygen atoms in total. The number of aromatic nitrogens is 2. The molecule has 30 heavy (non-hydrogen) atoms. The van der Waals surface area contributed by atoms with Crippen LogP contribution in [0.1, 0.15) is 29.5 Å². The van der Waals surface area contributed by atoms with Gasteiger partial charge in [-0.05, 0) is 67.6 Å². The fraction of sp³-hybridized carbons (Fsp3) is 0.333. The van der Waals surface area contributed by atoms with E-state index < -0.39 is 0 Å². The Morgan fingerprint density at radius 2 is 1.87 bits per heavy atom. The third kappa shape index (κ3) is 4.87. The van der Waals surface area contributed by atoms with Crippen LogP contribution in [0.2, 0.25) is 0 Å². The summed E-state index contributed by atoms with van der Waals surface area (Å²) in [5.74, 6) is 1.37. The van der Waals surface area contributed by atoms with Crippen molar-refractivity contribution in [2.75, 3.05) is 12.9 Å². The van der Waals surface area contributed by atoms with Gasteiger partial charge in [-0.15, -0.1) is 0 Å². The molecule has 0 N–H and O–H groups in total. The van der Waals surface area contributed by atoms with Gasteiger partial charge in [0.25, 0.3) is 0 Å². The number of thioether (sulfide) groups is 1. The van der Waals surface area contributed by atoms with E-state index in [-0.39, 0.29) is 5.91 Å². The molecule has 1 aliphatic carbocycles. The molecule has 0 unspecified atom stereocenters. The molecule has 4 rings (SSSR count). The number of benzene rings is 2. The normalized spacial score (nSPS) is 13.3. The van der Waals surface area contributed by atoms with Gasteiger partial charge in [-0.3, -0.25) is 9.36 Å². The van der Waals surface area contributed by atoms with Crippen LogP contribution in [0.3, 0.4) is 0 Å². The van der Waals surface area contributed by atoms with Crippen molar-refractivity contribution in [3.8, 4) is 11.4 Å². The standard InChI is InChI=1S/C24H27N3O2S/c1-17-12-18(2)14-21(13-17)26-11-10-25-24(26)30-16-23(28)27(20-6-7-20)15-19-4-8-22(29-3)9-5-19/h4-5,8-14,20H,6-7,15-16H2,1-3H3. The van der Waals surface area contributed by atoms with Gasteiger partial charge in [0, 0.05) is 30.7 Å². The van der Waals surface area contributed by atoms with E-state index in [1.54, 1.807) is 13.3 Å². The Balaban J connectivity index is 1.44. The number of ether oxygens (including phenoxy) is 1. The lowest BCUT2D eigenvalue weighted by Gasteiger charge is -2.22. The summed E-state index contributed by atoms with van der Waals surface area (Å²) >= 11 is 1.50. The van der Waals surface area contributed by atoms with E-state index in [1.807, 2.05) is 35.4 Å². The molecule has 1 fully saturated rings. The molecule has 0 radical (unpaired) electrons. The lowest BCUT2D eigenvalue weighted by molar-refractivity contribution is -0.129. The molecule has 2 aromatic carbocycles. The zero-order valence-electron chi connectivity index (χ0n) is 17.7. The molecule has 0 atom stereocenters. The van der Waals surface area contributed by atoms with Crippen molar-refractivity contribution < 1.29 is 9.53 Å². The highest BCUT2D eigenvalue weighted by Gasteiger charge is 2.32. The number of methoxy groups -OCH3 is 1. The van der Waals surface area contributed by atoms with Crippen molar-refractivity contribution in [3.05, 3.63) is 71.5 Å². The second kappa shape index (κ2) is 8.96. The number of carbonyl (C=O) groups is 1. The van der Waals surface area contributed by atoms with Gasteiger partial charge in [0.05, 0.1) is 12.9 Å². The van der Waals surface area contributed by atoms with Crippen LogP contribution in [0.5, 0.6) is 5.75 Å². The molecule has 1 heterocycles. The summed E-state index contributed by atoms with van der Waals surface area (Å²) in [5, 5.41) is 0.841. The monoisotopic (exact) mass is 421 g/mol. The number of rotatable bonds is 8. The predicted octanol–water partition coefficient (Wildman–Crippen LogP) is 4.78. The van der Waals surface area contributed by atoms with Crippen molar-refractivity contribution in [2.24, 2.45) is 0 Å². The predicted molar refractivity (Wildman–Crippen MR) is 120 cm³/mol. The summed E-state index contributed by atoms with van der Waals surface area (Å²) in [7, 11) is 1.66. The van der Waals surface area contributed by atoms with Crippen LogP contribution in [0.25, 0.3) is 5.69 Å². The van der Waals surface area contributed by atoms with Crippen LogP contribution < -0.4 is 4.74 Å². The van der Waals surface area contributed by atoms with E-state index in [0.717, 1.165) is 35.0 Å². The van der Waals surface area contributed by atoms with E-state index in [1.165, 1.54) is 22.9 Å². The van der Waals surface area contributed by atoms with Crippen LogP contribution in [-0.4, -0.2) is 39.3 Å². The third-order valence-corrected chi connectivity index (χ3v) is 6.19. The fourth-order valence-electron chi connectivity index (χ4n) is 3.63. The first kappa shape index (κ1) is 20.5. The second-order valence-corrected chi connectivity index (χ2v) is 8.76. The molecule has 156 valence electrons. The molecule has 0 spiro atoms. The summed E-state index contributed by atoms with van der Waals surface area (Å²) in [4.78, 5) is 19.5. The van der Waals surface area contributed by atoms with Crippen LogP contribution in [0.4, 0.5) is 0 Å². The minimum Gasteiger partial charge on any atom is -0.497 e. The van der Waals surface area contributed by atoms with Gasteiger partial charge < -0.3 is 9.64 Å². The molecule has 0 bridgehead atoms. The van der Waals surface area contributed by atoms with Crippen molar-refractivity contribution in [3.63, 3.8) is 0 Å². The van der Waals surface area contributed by atoms with Gasteiger partial charge in [0.2, 0.25) is 5.91 Å². The average molecular weight is 422 g/mol. The topological polar surface area (TPSA) is 47.4 Å². The molecule has 0 saturated heterocycles. The summed E-state index contributed by atoms with van der Waals surface area (Å²) in [6, 6.07) is 14.7. The Bertz CT molecular complexity index is 1000. The van der Waals surface area contributed by atoms with Crippen molar-refractivity contribution in [1.29, 1.82) is 0 Å². The number of imidazole rings is 1. The lowest BCUT2D eigenvalue weighted by Crippen LogP contribution is -2.34. The molecule has 1 aliphatic rings. The van der Waals surface area contributed by atoms with Gasteiger partial charge in [0.1, 0.15) is 5.75 Å². The summed E-state index contributed by atoms with van der Waals surface area (Å²) in [5.41, 5.74) is 4.63. The fourth-order valence-corrected chi connectivity index (χ4v) is 4.49. The Morgan fingerprint density at radius 1 is 1.17 bits per heavy atom. The molecular formula is C24H27N3O2S. The Labute approximate surface area is 182 Å². The maximum atomic E-state index is 13.0.